The molecule has 0 aliphatic rings. The number of anilines is 2. The molecular formula is C22H21N3S2. The molecule has 4 rings (SSSR count). The molecule has 2 heterocycles. The summed E-state index contributed by atoms with van der Waals surface area (Å²) in [6, 6.07) is 19.0. The summed E-state index contributed by atoms with van der Waals surface area (Å²) in [6.45, 7) is 4.30. The first kappa shape index (κ1) is 18.0. The number of thiazole rings is 1. The highest BCUT2D eigenvalue weighted by Crippen LogP contribution is 2.37. The van der Waals surface area contributed by atoms with Gasteiger partial charge in [-0.1, -0.05) is 54.3 Å². The summed E-state index contributed by atoms with van der Waals surface area (Å²) < 4.78 is 0. The maximum Gasteiger partial charge on any atom is 0.145 e. The van der Waals surface area contributed by atoms with Crippen LogP contribution in [0.15, 0.2) is 70.6 Å². The van der Waals surface area contributed by atoms with Gasteiger partial charge >= 0.3 is 0 Å². The van der Waals surface area contributed by atoms with Crippen LogP contribution in [-0.2, 0) is 6.42 Å². The average molecular weight is 392 g/mol. The van der Waals surface area contributed by atoms with Gasteiger partial charge in [0.15, 0.2) is 0 Å². The molecular weight excluding hydrogens is 370 g/mol. The van der Waals surface area contributed by atoms with Crippen LogP contribution in [0.25, 0.3) is 10.3 Å². The van der Waals surface area contributed by atoms with E-state index in [9.17, 15) is 0 Å². The zero-order valence-electron chi connectivity index (χ0n) is 15.4. The molecule has 0 bridgehead atoms. The summed E-state index contributed by atoms with van der Waals surface area (Å²) in [5.41, 5.74) is 4.30. The third kappa shape index (κ3) is 4.15. The zero-order chi connectivity index (χ0) is 18.6. The second kappa shape index (κ2) is 8.11. The largest absolute Gasteiger partial charge is 0.353 e. The van der Waals surface area contributed by atoms with Crippen LogP contribution >= 0.6 is 23.1 Å². The Kier molecular flexibility index (Phi) is 5.41. The van der Waals surface area contributed by atoms with Crippen LogP contribution in [0.2, 0.25) is 0 Å². The van der Waals surface area contributed by atoms with Gasteiger partial charge in [-0.15, -0.1) is 0 Å². The maximum absolute atomic E-state index is 4.82. The van der Waals surface area contributed by atoms with Gasteiger partial charge in [0.05, 0.1) is 16.4 Å². The molecule has 0 unspecified atom stereocenters. The Morgan fingerprint density at radius 2 is 1.89 bits per heavy atom. The van der Waals surface area contributed by atoms with E-state index in [1.54, 1.807) is 23.1 Å². The number of hydrogen-bond donors (Lipinski definition) is 1. The number of nitrogens with zero attached hydrogens (tertiary/aromatic N) is 2. The molecule has 5 heteroatoms. The van der Waals surface area contributed by atoms with Crippen molar-refractivity contribution in [1.29, 1.82) is 0 Å². The molecule has 3 nitrogen and oxygen atoms in total. The van der Waals surface area contributed by atoms with Gasteiger partial charge in [0, 0.05) is 16.0 Å². The normalized spacial score (nSPS) is 11.0. The molecule has 0 saturated carbocycles. The Morgan fingerprint density at radius 1 is 1.04 bits per heavy atom. The van der Waals surface area contributed by atoms with E-state index in [0.717, 1.165) is 39.6 Å². The van der Waals surface area contributed by atoms with Gasteiger partial charge in [-0.2, -0.15) is 0 Å². The molecule has 4 aromatic rings. The van der Waals surface area contributed by atoms with E-state index in [-0.39, 0.29) is 0 Å². The molecule has 0 spiro atoms. The lowest BCUT2D eigenvalue weighted by Gasteiger charge is -2.13. The summed E-state index contributed by atoms with van der Waals surface area (Å²) in [4.78, 5) is 12.7. The highest BCUT2D eigenvalue weighted by Gasteiger charge is 2.12. The SMILES string of the molecule is CCCc1nc2c(Nc3cc(C)ccc3Sc3ccccc3)ccnc2s1. The van der Waals surface area contributed by atoms with Crippen molar-refractivity contribution in [2.75, 3.05) is 5.32 Å². The molecule has 0 aliphatic carbocycles. The van der Waals surface area contributed by atoms with Crippen molar-refractivity contribution >= 4 is 44.8 Å². The average Bonchev–Trinajstić information content (AvgIpc) is 3.09. The van der Waals surface area contributed by atoms with Gasteiger partial charge in [-0.05, 0) is 55.7 Å². The fourth-order valence-corrected chi connectivity index (χ4v) is 4.82. The van der Waals surface area contributed by atoms with E-state index in [1.165, 1.54) is 15.4 Å². The van der Waals surface area contributed by atoms with Crippen LogP contribution in [0.4, 0.5) is 11.4 Å². The number of aryl methyl sites for hydroxylation is 2. The number of aromatic nitrogens is 2. The number of nitrogens with one attached hydrogen (secondary N) is 1. The molecule has 0 amide bonds. The Bertz CT molecular complexity index is 1060. The van der Waals surface area contributed by atoms with Gasteiger partial charge < -0.3 is 5.32 Å². The maximum atomic E-state index is 4.82. The van der Waals surface area contributed by atoms with Gasteiger partial charge in [-0.3, -0.25) is 0 Å². The standard InChI is InChI=1S/C22H21N3S2/c1-3-7-20-25-21-17(12-13-23-22(21)27-20)24-18-14-15(2)10-11-19(18)26-16-8-5-4-6-9-16/h4-6,8-14H,3,7H2,1-2H3,(H,23,24). The number of hydrogen-bond acceptors (Lipinski definition) is 5. The van der Waals surface area contributed by atoms with E-state index < -0.39 is 0 Å². The minimum absolute atomic E-state index is 0.961. The minimum Gasteiger partial charge on any atom is -0.353 e. The first-order chi connectivity index (χ1) is 13.2. The van der Waals surface area contributed by atoms with Crippen LogP contribution in [-0.4, -0.2) is 9.97 Å². The van der Waals surface area contributed by atoms with Crippen molar-refractivity contribution in [3.63, 3.8) is 0 Å². The number of benzene rings is 2. The van der Waals surface area contributed by atoms with E-state index in [1.807, 2.05) is 18.3 Å². The van der Waals surface area contributed by atoms with Gasteiger partial charge in [0.1, 0.15) is 10.3 Å². The van der Waals surface area contributed by atoms with E-state index >= 15 is 0 Å². The van der Waals surface area contributed by atoms with Crippen molar-refractivity contribution in [3.05, 3.63) is 71.4 Å². The van der Waals surface area contributed by atoms with Crippen LogP contribution < -0.4 is 5.32 Å². The van der Waals surface area contributed by atoms with E-state index in [2.05, 4.69) is 66.6 Å². The van der Waals surface area contributed by atoms with Crippen molar-refractivity contribution in [3.8, 4) is 0 Å². The summed E-state index contributed by atoms with van der Waals surface area (Å²) in [5.74, 6) is 0. The van der Waals surface area contributed by atoms with Gasteiger partial charge in [-0.25, -0.2) is 9.97 Å². The summed E-state index contributed by atoms with van der Waals surface area (Å²) in [7, 11) is 0. The Labute approximate surface area is 167 Å². The molecule has 27 heavy (non-hydrogen) atoms. The number of rotatable bonds is 6. The van der Waals surface area contributed by atoms with Crippen LogP contribution in [0, 0.1) is 6.92 Å². The predicted octanol–water partition coefficient (Wildman–Crippen LogP) is 6.85. The highest BCUT2D eigenvalue weighted by atomic mass is 32.2. The molecule has 1 N–H and O–H groups in total. The van der Waals surface area contributed by atoms with Crippen molar-refractivity contribution in [1.82, 2.24) is 9.97 Å². The molecule has 0 saturated heterocycles. The summed E-state index contributed by atoms with van der Waals surface area (Å²) >= 11 is 3.45. The summed E-state index contributed by atoms with van der Waals surface area (Å²) in [6.07, 6.45) is 3.96. The first-order valence-corrected chi connectivity index (χ1v) is 10.7. The topological polar surface area (TPSA) is 37.8 Å². The molecule has 2 aromatic carbocycles. The number of pyridine rings is 1. The van der Waals surface area contributed by atoms with Crippen LogP contribution in [0.3, 0.4) is 0 Å². The Balaban J connectivity index is 1.70. The number of fused-ring (bicyclic) bond motifs is 1. The van der Waals surface area contributed by atoms with Gasteiger partial charge in [0.2, 0.25) is 0 Å². The van der Waals surface area contributed by atoms with Crippen LogP contribution in [0.1, 0.15) is 23.9 Å². The first-order valence-electron chi connectivity index (χ1n) is 9.08. The van der Waals surface area contributed by atoms with Crippen LogP contribution in [0.5, 0.6) is 0 Å². The minimum atomic E-state index is 0.961. The zero-order valence-corrected chi connectivity index (χ0v) is 17.0. The lowest BCUT2D eigenvalue weighted by Crippen LogP contribution is -1.95. The predicted molar refractivity (Wildman–Crippen MR) is 116 cm³/mol. The molecule has 0 radical (unpaired) electrons. The van der Waals surface area contributed by atoms with Crippen molar-refractivity contribution < 1.29 is 0 Å². The lowest BCUT2D eigenvalue weighted by molar-refractivity contribution is 0.913. The molecule has 0 fully saturated rings. The highest BCUT2D eigenvalue weighted by molar-refractivity contribution is 7.99. The molecule has 2 aromatic heterocycles. The fourth-order valence-electron chi connectivity index (χ4n) is 2.89. The van der Waals surface area contributed by atoms with Crippen molar-refractivity contribution in [2.45, 2.75) is 36.5 Å². The monoisotopic (exact) mass is 391 g/mol. The Hall–Kier alpha value is -2.37. The fraction of sp³-hybridized carbons (Fsp3) is 0.182. The second-order valence-corrected chi connectivity index (χ2v) is 8.59. The quantitative estimate of drug-likeness (QED) is 0.390. The lowest BCUT2D eigenvalue weighted by atomic mass is 10.2. The summed E-state index contributed by atoms with van der Waals surface area (Å²) in [5, 5.41) is 4.77. The smallest absolute Gasteiger partial charge is 0.145 e. The van der Waals surface area contributed by atoms with Gasteiger partial charge in [0.25, 0.3) is 0 Å². The molecule has 0 aliphatic heterocycles. The third-order valence-electron chi connectivity index (χ3n) is 4.18. The second-order valence-electron chi connectivity index (χ2n) is 6.41. The van der Waals surface area contributed by atoms with E-state index in [0.29, 0.717) is 0 Å². The third-order valence-corrected chi connectivity index (χ3v) is 6.29. The van der Waals surface area contributed by atoms with E-state index in [4.69, 9.17) is 4.98 Å². The molecule has 136 valence electrons. The van der Waals surface area contributed by atoms with Crippen molar-refractivity contribution in [2.24, 2.45) is 0 Å². The Morgan fingerprint density at radius 3 is 2.70 bits per heavy atom. The molecule has 0 atom stereocenters.